The zero-order chi connectivity index (χ0) is 8.72. The minimum Gasteiger partial charge on any atom is -0.397 e. The number of nitrogen functional groups attached to an aromatic ring is 2. The van der Waals surface area contributed by atoms with Gasteiger partial charge in [0.15, 0.2) is 0 Å². The zero-order valence-corrected chi connectivity index (χ0v) is 8.32. The van der Waals surface area contributed by atoms with Crippen LogP contribution in [0.2, 0.25) is 0 Å². The molecule has 0 saturated carbocycles. The van der Waals surface area contributed by atoms with E-state index in [1.54, 1.807) is 0 Å². The lowest BCUT2D eigenvalue weighted by Gasteiger charge is -2.08. The lowest BCUT2D eigenvalue weighted by atomic mass is 10.1. The maximum atomic E-state index is 5.86. The van der Waals surface area contributed by atoms with Crippen molar-refractivity contribution in [1.82, 2.24) is 0 Å². The highest BCUT2D eigenvalue weighted by atomic mass is 79.9. The summed E-state index contributed by atoms with van der Waals surface area (Å²) in [5.74, 6) is 0. The van der Waals surface area contributed by atoms with Gasteiger partial charge < -0.3 is 11.5 Å². The Bertz CT molecular complexity index is 334. The van der Waals surface area contributed by atoms with Crippen molar-refractivity contribution in [2.24, 2.45) is 0 Å². The molecule has 0 spiro atoms. The molecule has 1 aliphatic rings. The zero-order valence-electron chi connectivity index (χ0n) is 6.73. The molecule has 0 fully saturated rings. The predicted molar refractivity (Wildman–Crippen MR) is 55.0 cm³/mol. The number of anilines is 2. The summed E-state index contributed by atoms with van der Waals surface area (Å²) in [6.45, 7) is 0. The van der Waals surface area contributed by atoms with Crippen LogP contribution in [0.4, 0.5) is 11.4 Å². The lowest BCUT2D eigenvalue weighted by Crippen LogP contribution is -2.00. The third-order valence-corrected chi connectivity index (χ3v) is 3.13. The summed E-state index contributed by atoms with van der Waals surface area (Å²) in [6.07, 6.45) is 3.40. The molecule has 0 atom stereocenters. The topological polar surface area (TPSA) is 52.0 Å². The third kappa shape index (κ3) is 1.00. The lowest BCUT2D eigenvalue weighted by molar-refractivity contribution is 0.911. The Morgan fingerprint density at radius 1 is 1.17 bits per heavy atom. The van der Waals surface area contributed by atoms with Crippen LogP contribution in [-0.2, 0) is 12.8 Å². The largest absolute Gasteiger partial charge is 0.397 e. The first kappa shape index (κ1) is 7.92. The summed E-state index contributed by atoms with van der Waals surface area (Å²) in [4.78, 5) is 0. The van der Waals surface area contributed by atoms with Gasteiger partial charge in [-0.25, -0.2) is 0 Å². The van der Waals surface area contributed by atoms with Gasteiger partial charge in [-0.1, -0.05) is 15.9 Å². The van der Waals surface area contributed by atoms with Crippen LogP contribution < -0.4 is 11.5 Å². The Kier molecular flexibility index (Phi) is 1.76. The Hall–Kier alpha value is -0.700. The fourth-order valence-electron chi connectivity index (χ4n) is 1.78. The van der Waals surface area contributed by atoms with Crippen LogP contribution >= 0.6 is 15.9 Å². The molecule has 0 amide bonds. The van der Waals surface area contributed by atoms with Gasteiger partial charge in [0.1, 0.15) is 0 Å². The quantitative estimate of drug-likeness (QED) is 0.667. The molecule has 1 aliphatic carbocycles. The third-order valence-electron chi connectivity index (χ3n) is 2.42. The number of hydrogen-bond acceptors (Lipinski definition) is 2. The van der Waals surface area contributed by atoms with Crippen LogP contribution in [0.25, 0.3) is 0 Å². The highest BCUT2D eigenvalue weighted by Crippen LogP contribution is 2.36. The molecule has 2 nitrogen and oxygen atoms in total. The monoisotopic (exact) mass is 226 g/mol. The second-order valence-electron chi connectivity index (χ2n) is 3.17. The Morgan fingerprint density at radius 2 is 1.83 bits per heavy atom. The second-order valence-corrected chi connectivity index (χ2v) is 4.03. The van der Waals surface area contributed by atoms with Crippen LogP contribution in [0.5, 0.6) is 0 Å². The standard InChI is InChI=1S/C9H11BrN2/c10-7-4-8(11)9(12)6-3-1-2-5(6)7/h4H,1-3,11-12H2. The van der Waals surface area contributed by atoms with Gasteiger partial charge >= 0.3 is 0 Å². The van der Waals surface area contributed by atoms with Crippen molar-refractivity contribution in [3.05, 3.63) is 21.7 Å². The van der Waals surface area contributed by atoms with Crippen molar-refractivity contribution in [2.45, 2.75) is 19.3 Å². The van der Waals surface area contributed by atoms with Gasteiger partial charge in [0.2, 0.25) is 0 Å². The molecular formula is C9H11BrN2. The fourth-order valence-corrected chi connectivity index (χ4v) is 2.46. The molecule has 1 aromatic carbocycles. The summed E-state index contributed by atoms with van der Waals surface area (Å²) in [5.41, 5.74) is 15.7. The number of benzene rings is 1. The Morgan fingerprint density at radius 3 is 2.58 bits per heavy atom. The number of halogens is 1. The van der Waals surface area contributed by atoms with Gasteiger partial charge in [-0.15, -0.1) is 0 Å². The van der Waals surface area contributed by atoms with Gasteiger partial charge in [-0.05, 0) is 36.5 Å². The molecule has 0 heterocycles. The number of fused-ring (bicyclic) bond motifs is 1. The van der Waals surface area contributed by atoms with Crippen molar-refractivity contribution in [1.29, 1.82) is 0 Å². The normalized spacial score (nSPS) is 14.8. The van der Waals surface area contributed by atoms with Gasteiger partial charge in [0.25, 0.3) is 0 Å². The molecule has 12 heavy (non-hydrogen) atoms. The first-order valence-corrected chi connectivity index (χ1v) is 4.84. The molecule has 0 unspecified atom stereocenters. The minimum atomic E-state index is 0.697. The number of hydrogen-bond donors (Lipinski definition) is 2. The van der Waals surface area contributed by atoms with Crippen LogP contribution in [-0.4, -0.2) is 0 Å². The maximum Gasteiger partial charge on any atom is 0.0583 e. The van der Waals surface area contributed by atoms with Crippen molar-refractivity contribution >= 4 is 27.3 Å². The molecule has 0 radical (unpaired) electrons. The Balaban J connectivity index is 2.69. The summed E-state index contributed by atoms with van der Waals surface area (Å²) in [5, 5.41) is 0. The van der Waals surface area contributed by atoms with Crippen molar-refractivity contribution in [2.75, 3.05) is 11.5 Å². The number of rotatable bonds is 0. The van der Waals surface area contributed by atoms with Crippen LogP contribution in [0, 0.1) is 0 Å². The average Bonchev–Trinajstić information content (AvgIpc) is 2.48. The Labute approximate surface area is 80.1 Å². The van der Waals surface area contributed by atoms with E-state index < -0.39 is 0 Å². The highest BCUT2D eigenvalue weighted by molar-refractivity contribution is 9.10. The van der Waals surface area contributed by atoms with Gasteiger partial charge in [-0.3, -0.25) is 0 Å². The highest BCUT2D eigenvalue weighted by Gasteiger charge is 2.18. The molecule has 64 valence electrons. The molecule has 4 N–H and O–H groups in total. The SMILES string of the molecule is Nc1cc(Br)c2c(c1N)CCC2. The van der Waals surface area contributed by atoms with E-state index in [0.717, 1.165) is 23.0 Å². The summed E-state index contributed by atoms with van der Waals surface area (Å²) in [6, 6.07) is 1.90. The summed E-state index contributed by atoms with van der Waals surface area (Å²) in [7, 11) is 0. The van der Waals surface area contributed by atoms with Crippen molar-refractivity contribution in [3.8, 4) is 0 Å². The van der Waals surface area contributed by atoms with Crippen LogP contribution in [0.15, 0.2) is 10.5 Å². The minimum absolute atomic E-state index is 0.697. The van der Waals surface area contributed by atoms with Gasteiger partial charge in [-0.2, -0.15) is 0 Å². The maximum absolute atomic E-state index is 5.86. The van der Waals surface area contributed by atoms with E-state index in [9.17, 15) is 0 Å². The average molecular weight is 227 g/mol. The molecule has 0 saturated heterocycles. The first-order chi connectivity index (χ1) is 5.70. The van der Waals surface area contributed by atoms with E-state index in [-0.39, 0.29) is 0 Å². The second kappa shape index (κ2) is 2.66. The predicted octanol–water partition coefficient (Wildman–Crippen LogP) is 2.10. The van der Waals surface area contributed by atoms with Gasteiger partial charge in [0.05, 0.1) is 11.4 Å². The fraction of sp³-hybridized carbons (Fsp3) is 0.333. The van der Waals surface area contributed by atoms with Gasteiger partial charge in [0, 0.05) is 4.47 Å². The van der Waals surface area contributed by atoms with Crippen molar-refractivity contribution < 1.29 is 0 Å². The molecule has 0 aliphatic heterocycles. The molecule has 0 aromatic heterocycles. The van der Waals surface area contributed by atoms with E-state index in [2.05, 4.69) is 15.9 Å². The van der Waals surface area contributed by atoms with E-state index in [4.69, 9.17) is 11.5 Å². The summed E-state index contributed by atoms with van der Waals surface area (Å²) >= 11 is 3.50. The van der Waals surface area contributed by atoms with E-state index in [1.807, 2.05) is 6.07 Å². The molecule has 0 bridgehead atoms. The molecule has 3 heteroatoms. The van der Waals surface area contributed by atoms with E-state index in [1.165, 1.54) is 17.5 Å². The number of nitrogens with two attached hydrogens (primary N) is 2. The molecule has 1 aromatic rings. The smallest absolute Gasteiger partial charge is 0.0583 e. The van der Waals surface area contributed by atoms with Crippen LogP contribution in [0.3, 0.4) is 0 Å². The van der Waals surface area contributed by atoms with E-state index >= 15 is 0 Å². The van der Waals surface area contributed by atoms with Crippen molar-refractivity contribution in [3.63, 3.8) is 0 Å². The molecule has 2 rings (SSSR count). The first-order valence-electron chi connectivity index (χ1n) is 4.05. The summed E-state index contributed by atoms with van der Waals surface area (Å²) < 4.78 is 1.11. The van der Waals surface area contributed by atoms with Crippen LogP contribution in [0.1, 0.15) is 17.5 Å². The molecular weight excluding hydrogens is 216 g/mol. The van der Waals surface area contributed by atoms with E-state index in [0.29, 0.717) is 5.69 Å².